The van der Waals surface area contributed by atoms with Crippen LogP contribution in [0.2, 0.25) is 0 Å². The first-order valence-electron chi connectivity index (χ1n) is 20.1. The second-order valence-corrected chi connectivity index (χ2v) is 25.0. The van der Waals surface area contributed by atoms with E-state index in [0.717, 1.165) is 0 Å². The standard InChI is InChI=1S/C10H20N2O2.2C9H20N2O3S.C8H20N2O4S2/c1-7(2)9(13)11-5-6-12-10(14)8(3)4;2*1-7(2)9(12)10-5-6-11-15(13,14)8(3)4;1-7(2)15(11,12)9-5-6-10-16(13,14)8(3)4/h7-8H,5-6H2,1-4H3,(H,11,13)(H,12,14);2*7-8,11H,5-6H2,1-4H3,(H,10,12);7-10H,5-6H2,1-4H3. The number of nitrogens with one attached hydrogen (secondary N) is 8. The molecule has 0 radical (unpaired) electrons. The molecule has 0 spiro atoms. The van der Waals surface area contributed by atoms with Gasteiger partial charge in [-0.1, -0.05) is 55.4 Å². The number of carbonyl (C=O) groups is 4. The maximum Gasteiger partial charge on any atom is 0.222 e. The summed E-state index contributed by atoms with van der Waals surface area (Å²) in [6, 6.07) is 0. The lowest BCUT2D eigenvalue weighted by atomic mass is 10.2. The van der Waals surface area contributed by atoms with E-state index in [1.165, 1.54) is 0 Å². The predicted molar refractivity (Wildman–Crippen MR) is 240 cm³/mol. The summed E-state index contributed by atoms with van der Waals surface area (Å²) in [6.07, 6.45) is 0. The zero-order valence-electron chi connectivity index (χ0n) is 38.8. The normalized spacial score (nSPS) is 12.1. The summed E-state index contributed by atoms with van der Waals surface area (Å²) in [4.78, 5) is 44.4. The van der Waals surface area contributed by atoms with Crippen LogP contribution in [0, 0.1) is 23.7 Å². The quantitative estimate of drug-likeness (QED) is 0.0609. The van der Waals surface area contributed by atoms with Gasteiger partial charge < -0.3 is 21.3 Å². The number of amides is 4. The molecule has 0 atom stereocenters. The molecule has 0 saturated carbocycles. The lowest BCUT2D eigenvalue weighted by Gasteiger charge is -2.11. The van der Waals surface area contributed by atoms with Crippen molar-refractivity contribution in [1.82, 2.24) is 40.2 Å². The molecule has 0 bridgehead atoms. The highest BCUT2D eigenvalue weighted by molar-refractivity contribution is 7.90. The molecule has 0 fully saturated rings. The molecule has 360 valence electrons. The van der Waals surface area contributed by atoms with Crippen LogP contribution in [0.3, 0.4) is 0 Å². The molecule has 20 nitrogen and oxygen atoms in total. The van der Waals surface area contributed by atoms with Gasteiger partial charge >= 0.3 is 0 Å². The Hall–Kier alpha value is -2.48. The third-order valence-corrected chi connectivity index (χ3v) is 14.9. The van der Waals surface area contributed by atoms with E-state index < -0.39 is 61.1 Å². The predicted octanol–water partition coefficient (Wildman–Crippen LogP) is 0.346. The zero-order chi connectivity index (χ0) is 48.2. The van der Waals surface area contributed by atoms with Gasteiger partial charge in [0.05, 0.1) is 21.0 Å². The fourth-order valence-corrected chi connectivity index (χ4v) is 5.88. The van der Waals surface area contributed by atoms with E-state index in [9.17, 15) is 52.8 Å². The zero-order valence-corrected chi connectivity index (χ0v) is 42.1. The highest BCUT2D eigenvalue weighted by atomic mass is 32.2. The lowest BCUT2D eigenvalue weighted by Crippen LogP contribution is -2.39. The van der Waals surface area contributed by atoms with Gasteiger partial charge in [-0.2, -0.15) is 0 Å². The van der Waals surface area contributed by atoms with Gasteiger partial charge in [-0.25, -0.2) is 52.6 Å². The Kier molecular flexibility index (Phi) is 34.5. The molecule has 0 unspecified atom stereocenters. The minimum Gasteiger partial charge on any atom is -0.355 e. The molecule has 24 heteroatoms. The van der Waals surface area contributed by atoms with Crippen molar-refractivity contribution in [2.45, 2.75) is 132 Å². The molecule has 0 aromatic heterocycles. The van der Waals surface area contributed by atoms with Gasteiger partial charge in [0.1, 0.15) is 0 Å². The summed E-state index contributed by atoms with van der Waals surface area (Å²) in [5.74, 6) is -0.268. The number of carbonyl (C=O) groups excluding carboxylic acids is 4. The van der Waals surface area contributed by atoms with Gasteiger partial charge in [-0.05, 0) is 55.4 Å². The fourth-order valence-electron chi connectivity index (χ4n) is 3.00. The second kappa shape index (κ2) is 32.2. The van der Waals surface area contributed by atoms with Crippen LogP contribution in [-0.2, 0) is 59.3 Å². The Labute approximate surface area is 363 Å². The molecule has 8 N–H and O–H groups in total. The van der Waals surface area contributed by atoms with Gasteiger partial charge in [0, 0.05) is 76.0 Å². The summed E-state index contributed by atoms with van der Waals surface area (Å²) >= 11 is 0. The monoisotopic (exact) mass is 944 g/mol. The lowest BCUT2D eigenvalue weighted by molar-refractivity contribution is -0.125. The molecule has 0 aliphatic carbocycles. The first kappa shape index (κ1) is 64.1. The van der Waals surface area contributed by atoms with E-state index in [-0.39, 0.29) is 73.5 Å². The van der Waals surface area contributed by atoms with Crippen molar-refractivity contribution in [1.29, 1.82) is 0 Å². The molecule has 60 heavy (non-hydrogen) atoms. The molecule has 4 amide bonds. The van der Waals surface area contributed by atoms with Crippen LogP contribution < -0.4 is 40.2 Å². The molecular formula is C36H80N8O12S4. The van der Waals surface area contributed by atoms with Gasteiger partial charge in [-0.3, -0.25) is 19.2 Å². The van der Waals surface area contributed by atoms with E-state index in [1.54, 1.807) is 83.1 Å². The molecule has 0 heterocycles. The molecule has 0 aromatic rings. The molecular weight excluding hydrogens is 865 g/mol. The van der Waals surface area contributed by atoms with Crippen molar-refractivity contribution in [3.05, 3.63) is 0 Å². The highest BCUT2D eigenvalue weighted by Gasteiger charge is 2.18. The summed E-state index contributed by atoms with van der Waals surface area (Å²) in [7, 11) is -13.1. The molecule has 0 aromatic carbocycles. The van der Waals surface area contributed by atoms with Crippen molar-refractivity contribution in [3.8, 4) is 0 Å². The van der Waals surface area contributed by atoms with Crippen LogP contribution in [0.4, 0.5) is 0 Å². The van der Waals surface area contributed by atoms with Gasteiger partial charge in [0.25, 0.3) is 0 Å². The van der Waals surface area contributed by atoms with Crippen molar-refractivity contribution >= 4 is 63.7 Å². The van der Waals surface area contributed by atoms with Crippen LogP contribution >= 0.6 is 0 Å². The average Bonchev–Trinajstić information content (AvgIpc) is 3.12. The summed E-state index contributed by atoms with van der Waals surface area (Å²) in [5, 5.41) is 8.77. The molecule has 0 aliphatic heterocycles. The third-order valence-electron chi connectivity index (χ3n) is 7.49. The summed E-state index contributed by atoms with van der Waals surface area (Å²) < 4.78 is 99.8. The smallest absolute Gasteiger partial charge is 0.222 e. The number of hydrogen-bond donors (Lipinski definition) is 8. The van der Waals surface area contributed by atoms with Gasteiger partial charge in [0.2, 0.25) is 63.7 Å². The first-order chi connectivity index (χ1) is 27.1. The van der Waals surface area contributed by atoms with Crippen molar-refractivity contribution in [3.63, 3.8) is 0 Å². The van der Waals surface area contributed by atoms with Crippen LogP contribution in [0.5, 0.6) is 0 Å². The summed E-state index contributed by atoms with van der Waals surface area (Å²) in [6.45, 7) is 29.4. The van der Waals surface area contributed by atoms with Crippen molar-refractivity contribution in [2.24, 2.45) is 23.7 Å². The Morgan fingerprint density at radius 1 is 0.283 bits per heavy atom. The number of sulfonamides is 4. The van der Waals surface area contributed by atoms with Crippen LogP contribution in [0.15, 0.2) is 0 Å². The highest BCUT2D eigenvalue weighted by Crippen LogP contribution is 1.98. The number of rotatable bonds is 24. The van der Waals surface area contributed by atoms with Gasteiger partial charge in [0.15, 0.2) is 0 Å². The van der Waals surface area contributed by atoms with E-state index in [1.807, 2.05) is 27.7 Å². The van der Waals surface area contributed by atoms with Crippen LogP contribution in [0.25, 0.3) is 0 Å². The van der Waals surface area contributed by atoms with Crippen molar-refractivity contribution < 1.29 is 52.8 Å². The van der Waals surface area contributed by atoms with E-state index in [2.05, 4.69) is 40.2 Å². The minimum atomic E-state index is -3.32. The Balaban J connectivity index is -0.000000349. The van der Waals surface area contributed by atoms with E-state index >= 15 is 0 Å². The molecule has 0 saturated heterocycles. The SMILES string of the molecule is CC(C)C(=O)NCCNC(=O)C(C)C.CC(C)C(=O)NCCNS(=O)(=O)C(C)C.CC(C)C(=O)NCCNS(=O)(=O)C(C)C.CC(C)S(=O)(=O)NCCNS(=O)(=O)C(C)C. The van der Waals surface area contributed by atoms with Gasteiger partial charge in [-0.15, -0.1) is 0 Å². The third kappa shape index (κ3) is 34.1. The Morgan fingerprint density at radius 3 is 0.550 bits per heavy atom. The molecule has 0 rings (SSSR count). The number of hydrogen-bond acceptors (Lipinski definition) is 12. The largest absolute Gasteiger partial charge is 0.355 e. The maximum atomic E-state index is 11.3. The molecule has 0 aliphatic rings. The second-order valence-electron chi connectivity index (χ2n) is 15.7. The average molecular weight is 945 g/mol. The Bertz CT molecular complexity index is 1560. The van der Waals surface area contributed by atoms with Crippen LogP contribution in [0.1, 0.15) is 111 Å². The topological polar surface area (TPSA) is 301 Å². The van der Waals surface area contributed by atoms with E-state index in [0.29, 0.717) is 26.2 Å². The Morgan fingerprint density at radius 2 is 0.417 bits per heavy atom. The fraction of sp³-hybridized carbons (Fsp3) is 0.889. The van der Waals surface area contributed by atoms with Crippen LogP contribution in [-0.4, -0.2) is 131 Å². The minimum absolute atomic E-state index is 0.00389. The first-order valence-corrected chi connectivity index (χ1v) is 26.3. The summed E-state index contributed by atoms with van der Waals surface area (Å²) in [5.41, 5.74) is 0. The van der Waals surface area contributed by atoms with E-state index in [4.69, 9.17) is 0 Å². The maximum absolute atomic E-state index is 11.3. The van der Waals surface area contributed by atoms with Crippen molar-refractivity contribution in [2.75, 3.05) is 52.4 Å².